The fourth-order valence-corrected chi connectivity index (χ4v) is 2.52. The molecule has 0 radical (unpaired) electrons. The van der Waals surface area contributed by atoms with Crippen molar-refractivity contribution in [3.63, 3.8) is 0 Å². The highest BCUT2D eigenvalue weighted by atomic mass is 35.5. The van der Waals surface area contributed by atoms with E-state index in [1.807, 2.05) is 25.1 Å². The third-order valence-electron chi connectivity index (χ3n) is 3.89. The molecule has 2 N–H and O–H groups in total. The zero-order chi connectivity index (χ0) is 19.2. The van der Waals surface area contributed by atoms with E-state index in [-0.39, 0.29) is 17.5 Å². The summed E-state index contributed by atoms with van der Waals surface area (Å²) in [5.74, 6) is -0.708. The number of pyridine rings is 2. The summed E-state index contributed by atoms with van der Waals surface area (Å²) in [6, 6.07) is 11.9. The fourth-order valence-electron chi connectivity index (χ4n) is 2.34. The molecule has 2 heterocycles. The van der Waals surface area contributed by atoms with Crippen LogP contribution in [-0.2, 0) is 6.54 Å². The number of halogens is 1. The van der Waals surface area contributed by atoms with E-state index in [2.05, 4.69) is 20.6 Å². The summed E-state index contributed by atoms with van der Waals surface area (Å²) in [4.78, 5) is 32.7. The molecule has 1 aromatic carbocycles. The van der Waals surface area contributed by atoms with Crippen LogP contribution in [0.3, 0.4) is 0 Å². The molecule has 2 amide bonds. The van der Waals surface area contributed by atoms with Crippen LogP contribution in [0.4, 0.5) is 5.69 Å². The van der Waals surface area contributed by atoms with Crippen LogP contribution in [0.25, 0.3) is 0 Å². The summed E-state index contributed by atoms with van der Waals surface area (Å²) in [6.07, 6.45) is 4.74. The summed E-state index contributed by atoms with van der Waals surface area (Å²) < 4.78 is 0. The average Bonchev–Trinajstić information content (AvgIpc) is 2.70. The lowest BCUT2D eigenvalue weighted by molar-refractivity contribution is 0.0946. The van der Waals surface area contributed by atoms with E-state index in [9.17, 15) is 9.59 Å². The Morgan fingerprint density at radius 2 is 1.78 bits per heavy atom. The Balaban J connectivity index is 1.67. The molecule has 0 unspecified atom stereocenters. The quantitative estimate of drug-likeness (QED) is 0.708. The number of hydrogen-bond acceptors (Lipinski definition) is 4. The number of anilines is 1. The van der Waals surface area contributed by atoms with Crippen molar-refractivity contribution >= 4 is 29.1 Å². The Morgan fingerprint density at radius 3 is 2.52 bits per heavy atom. The van der Waals surface area contributed by atoms with Gasteiger partial charge >= 0.3 is 0 Å². The van der Waals surface area contributed by atoms with Gasteiger partial charge in [-0.3, -0.25) is 19.6 Å². The number of carbonyl (C=O) groups is 2. The van der Waals surface area contributed by atoms with E-state index in [1.54, 1.807) is 30.6 Å². The first-order valence-electron chi connectivity index (χ1n) is 8.23. The number of aromatic nitrogens is 2. The molecule has 136 valence electrons. The number of aryl methyl sites for hydroxylation is 1. The molecule has 0 atom stereocenters. The Morgan fingerprint density at radius 1 is 1.00 bits per heavy atom. The predicted octanol–water partition coefficient (Wildman–Crippen LogP) is 3.62. The van der Waals surface area contributed by atoms with E-state index >= 15 is 0 Å². The molecule has 0 bridgehead atoms. The Hall–Kier alpha value is -3.25. The van der Waals surface area contributed by atoms with E-state index in [4.69, 9.17) is 11.6 Å². The van der Waals surface area contributed by atoms with Crippen molar-refractivity contribution in [3.8, 4) is 0 Å². The van der Waals surface area contributed by atoms with Gasteiger partial charge in [-0.1, -0.05) is 17.7 Å². The highest BCUT2D eigenvalue weighted by molar-refractivity contribution is 6.31. The van der Waals surface area contributed by atoms with Gasteiger partial charge in [-0.05, 0) is 54.4 Å². The highest BCUT2D eigenvalue weighted by Gasteiger charge is 2.12. The second-order valence-electron chi connectivity index (χ2n) is 5.89. The van der Waals surface area contributed by atoms with Crippen molar-refractivity contribution in [3.05, 3.63) is 88.5 Å². The average molecular weight is 381 g/mol. The van der Waals surface area contributed by atoms with E-state index in [0.717, 1.165) is 11.1 Å². The molecule has 6 nitrogen and oxygen atoms in total. The smallest absolute Gasteiger partial charge is 0.270 e. The van der Waals surface area contributed by atoms with Crippen LogP contribution in [0, 0.1) is 6.92 Å². The topological polar surface area (TPSA) is 84.0 Å². The predicted molar refractivity (Wildman–Crippen MR) is 104 cm³/mol. The van der Waals surface area contributed by atoms with Gasteiger partial charge in [-0.15, -0.1) is 0 Å². The summed E-state index contributed by atoms with van der Waals surface area (Å²) in [6.45, 7) is 2.23. The SMILES string of the molecule is Cc1ccc(NC(=O)c2ccnc(C(=O)NCc3ccncc3)c2)cc1Cl. The second-order valence-corrected chi connectivity index (χ2v) is 6.29. The largest absolute Gasteiger partial charge is 0.347 e. The number of nitrogens with zero attached hydrogens (tertiary/aromatic N) is 2. The van der Waals surface area contributed by atoms with Crippen molar-refractivity contribution < 1.29 is 9.59 Å². The molecular formula is C20H17ClN4O2. The molecule has 27 heavy (non-hydrogen) atoms. The minimum atomic E-state index is -0.361. The van der Waals surface area contributed by atoms with Gasteiger partial charge in [0.1, 0.15) is 5.69 Å². The first-order valence-corrected chi connectivity index (χ1v) is 8.61. The molecule has 0 fully saturated rings. The second kappa shape index (κ2) is 8.42. The maximum atomic E-state index is 12.4. The normalized spacial score (nSPS) is 10.3. The van der Waals surface area contributed by atoms with Gasteiger partial charge in [0.05, 0.1) is 0 Å². The summed E-state index contributed by atoms with van der Waals surface area (Å²) in [5, 5.41) is 6.10. The van der Waals surface area contributed by atoms with Gasteiger partial charge in [-0.2, -0.15) is 0 Å². The zero-order valence-corrected chi connectivity index (χ0v) is 15.3. The monoisotopic (exact) mass is 380 g/mol. The molecule has 0 saturated heterocycles. The minimum absolute atomic E-state index is 0.165. The summed E-state index contributed by atoms with van der Waals surface area (Å²) in [7, 11) is 0. The van der Waals surface area contributed by atoms with E-state index < -0.39 is 0 Å². The Labute approximate surface area is 161 Å². The summed E-state index contributed by atoms with van der Waals surface area (Å²) >= 11 is 6.08. The fraction of sp³-hybridized carbons (Fsp3) is 0.100. The van der Waals surface area contributed by atoms with E-state index in [1.165, 1.54) is 12.3 Å². The van der Waals surface area contributed by atoms with Gasteiger partial charge in [0.2, 0.25) is 0 Å². The molecule has 3 aromatic rings. The molecule has 0 spiro atoms. The lowest BCUT2D eigenvalue weighted by Crippen LogP contribution is -2.24. The molecule has 0 aliphatic rings. The molecular weight excluding hydrogens is 364 g/mol. The van der Waals surface area contributed by atoms with Crippen LogP contribution in [0.5, 0.6) is 0 Å². The molecule has 2 aromatic heterocycles. The molecule has 7 heteroatoms. The van der Waals surface area contributed by atoms with Crippen molar-refractivity contribution in [2.45, 2.75) is 13.5 Å². The number of carbonyl (C=O) groups excluding carboxylic acids is 2. The van der Waals surface area contributed by atoms with Gasteiger partial charge < -0.3 is 10.6 Å². The third-order valence-corrected chi connectivity index (χ3v) is 4.29. The van der Waals surface area contributed by atoms with Crippen molar-refractivity contribution in [2.24, 2.45) is 0 Å². The Kier molecular flexibility index (Phi) is 5.78. The summed E-state index contributed by atoms with van der Waals surface area (Å²) in [5.41, 5.74) is 2.92. The zero-order valence-electron chi connectivity index (χ0n) is 14.6. The number of rotatable bonds is 5. The van der Waals surface area contributed by atoms with Crippen LogP contribution in [0.15, 0.2) is 61.1 Å². The molecule has 0 aliphatic carbocycles. The molecule has 3 rings (SSSR count). The van der Waals surface area contributed by atoms with Crippen LogP contribution >= 0.6 is 11.6 Å². The van der Waals surface area contributed by atoms with Crippen LogP contribution in [0.1, 0.15) is 32.0 Å². The number of benzene rings is 1. The maximum Gasteiger partial charge on any atom is 0.270 e. The van der Waals surface area contributed by atoms with Crippen LogP contribution < -0.4 is 10.6 Å². The van der Waals surface area contributed by atoms with Crippen molar-refractivity contribution in [1.29, 1.82) is 0 Å². The third kappa shape index (κ3) is 4.89. The van der Waals surface area contributed by atoms with Gasteiger partial charge in [0.15, 0.2) is 0 Å². The van der Waals surface area contributed by atoms with Gasteiger partial charge in [-0.25, -0.2) is 0 Å². The standard InChI is InChI=1S/C20H17ClN4O2/c1-13-2-3-16(11-17(13)21)25-19(26)15-6-9-23-18(10-15)20(27)24-12-14-4-7-22-8-5-14/h2-11H,12H2,1H3,(H,24,27)(H,25,26). The number of amides is 2. The lowest BCUT2D eigenvalue weighted by atomic mass is 10.2. The Bertz CT molecular complexity index is 977. The molecule has 0 aliphatic heterocycles. The minimum Gasteiger partial charge on any atom is -0.347 e. The number of nitrogens with one attached hydrogen (secondary N) is 2. The maximum absolute atomic E-state index is 12.4. The van der Waals surface area contributed by atoms with Gasteiger partial charge in [0, 0.05) is 41.4 Å². The van der Waals surface area contributed by atoms with Crippen LogP contribution in [-0.4, -0.2) is 21.8 Å². The first kappa shape index (κ1) is 18.5. The van der Waals surface area contributed by atoms with E-state index in [0.29, 0.717) is 22.8 Å². The highest BCUT2D eigenvalue weighted by Crippen LogP contribution is 2.20. The van der Waals surface area contributed by atoms with Crippen LogP contribution in [0.2, 0.25) is 5.02 Å². The van der Waals surface area contributed by atoms with Crippen molar-refractivity contribution in [2.75, 3.05) is 5.32 Å². The first-order chi connectivity index (χ1) is 13.0. The molecule has 0 saturated carbocycles. The number of hydrogen-bond donors (Lipinski definition) is 2. The van der Waals surface area contributed by atoms with Gasteiger partial charge in [0.25, 0.3) is 11.8 Å². The van der Waals surface area contributed by atoms with Crippen molar-refractivity contribution in [1.82, 2.24) is 15.3 Å². The lowest BCUT2D eigenvalue weighted by Gasteiger charge is -2.08.